The van der Waals surface area contributed by atoms with E-state index in [0.717, 1.165) is 41.3 Å². The second-order valence-electron chi connectivity index (χ2n) is 6.36. The van der Waals surface area contributed by atoms with Crippen LogP contribution in [0, 0.1) is 5.92 Å². The molecule has 2 aliphatic rings. The molecule has 0 bridgehead atoms. The highest BCUT2D eigenvalue weighted by Crippen LogP contribution is 2.25. The molecule has 1 atom stereocenters. The van der Waals surface area contributed by atoms with Crippen LogP contribution in [0.15, 0.2) is 54.1 Å². The molecule has 0 aromatic carbocycles. The lowest BCUT2D eigenvalue weighted by molar-refractivity contribution is 0.276. The second kappa shape index (κ2) is 7.11. The number of methoxy groups -OCH3 is 1. The van der Waals surface area contributed by atoms with Crippen LogP contribution in [-0.2, 0) is 4.74 Å². The van der Waals surface area contributed by atoms with Gasteiger partial charge in [0.1, 0.15) is 17.2 Å². The van der Waals surface area contributed by atoms with Gasteiger partial charge in [-0.2, -0.15) is 4.68 Å². The number of rotatable bonds is 5. The molecule has 7 heteroatoms. The quantitative estimate of drug-likeness (QED) is 0.885. The minimum atomic E-state index is -0.165. The van der Waals surface area contributed by atoms with Crippen molar-refractivity contribution >= 4 is 22.7 Å². The highest BCUT2D eigenvalue weighted by Gasteiger charge is 2.15. The monoisotopic (exact) mass is 353 g/mol. The summed E-state index contributed by atoms with van der Waals surface area (Å²) in [4.78, 5) is 4.67. The maximum atomic E-state index is 13.0. The first-order valence-electron chi connectivity index (χ1n) is 8.67. The van der Waals surface area contributed by atoms with Gasteiger partial charge in [-0.15, -0.1) is 5.10 Å². The van der Waals surface area contributed by atoms with E-state index < -0.39 is 0 Å². The summed E-state index contributed by atoms with van der Waals surface area (Å²) >= 11 is 0. The third-order valence-electron chi connectivity index (χ3n) is 4.61. The molecule has 0 aliphatic heterocycles. The number of hydrogen-bond donors (Lipinski definition) is 1. The van der Waals surface area contributed by atoms with Gasteiger partial charge in [-0.25, -0.2) is 9.37 Å². The molecule has 2 aliphatic carbocycles. The summed E-state index contributed by atoms with van der Waals surface area (Å²) in [6.07, 6.45) is 11.3. The first-order valence-corrected chi connectivity index (χ1v) is 8.67. The Kier molecular flexibility index (Phi) is 4.51. The van der Waals surface area contributed by atoms with E-state index in [0.29, 0.717) is 13.0 Å². The van der Waals surface area contributed by atoms with Gasteiger partial charge >= 0.3 is 0 Å². The van der Waals surface area contributed by atoms with Gasteiger partial charge in [-0.3, -0.25) is 0 Å². The van der Waals surface area contributed by atoms with Gasteiger partial charge in [-0.05, 0) is 55.2 Å². The molecule has 0 spiro atoms. The zero-order valence-electron chi connectivity index (χ0n) is 14.5. The summed E-state index contributed by atoms with van der Waals surface area (Å²) in [5.41, 5.74) is 2.51. The van der Waals surface area contributed by atoms with Gasteiger partial charge in [0.2, 0.25) is 0 Å². The summed E-state index contributed by atoms with van der Waals surface area (Å²) in [6.45, 7) is 0.697. The molecule has 6 nitrogen and oxygen atoms in total. The average Bonchev–Trinajstić information content (AvgIpc) is 3.11. The van der Waals surface area contributed by atoms with Gasteiger partial charge in [0.05, 0.1) is 12.9 Å². The summed E-state index contributed by atoms with van der Waals surface area (Å²) in [5, 5.41) is 11.8. The first-order chi connectivity index (χ1) is 12.7. The number of halogens is 1. The number of ether oxygens (including phenoxy) is 1. The molecule has 134 valence electrons. The van der Waals surface area contributed by atoms with E-state index in [1.165, 1.54) is 6.08 Å². The Bertz CT molecular complexity index is 941. The van der Waals surface area contributed by atoms with E-state index in [1.54, 1.807) is 17.9 Å². The van der Waals surface area contributed by atoms with Crippen LogP contribution in [0.25, 0.3) is 16.9 Å². The van der Waals surface area contributed by atoms with Gasteiger partial charge in [0.25, 0.3) is 0 Å². The second-order valence-corrected chi connectivity index (χ2v) is 6.36. The first kappa shape index (κ1) is 16.5. The van der Waals surface area contributed by atoms with Crippen molar-refractivity contribution in [2.45, 2.75) is 19.3 Å². The molecule has 0 fully saturated rings. The van der Waals surface area contributed by atoms with Gasteiger partial charge in [0, 0.05) is 18.7 Å². The molecule has 2 heterocycles. The fraction of sp³-hybridized carbons (Fsp3) is 0.316. The lowest BCUT2D eigenvalue weighted by Gasteiger charge is -2.15. The van der Waals surface area contributed by atoms with E-state index in [4.69, 9.17) is 4.74 Å². The maximum absolute atomic E-state index is 13.0. The minimum Gasteiger partial charge on any atom is -0.501 e. The van der Waals surface area contributed by atoms with E-state index in [9.17, 15) is 4.39 Å². The number of nitrogens with zero attached hydrogens (tertiary/aromatic N) is 4. The Balaban J connectivity index is 1.53. The van der Waals surface area contributed by atoms with Crippen molar-refractivity contribution in [3.63, 3.8) is 0 Å². The Morgan fingerprint density at radius 2 is 2.23 bits per heavy atom. The fourth-order valence-electron chi connectivity index (χ4n) is 3.08. The van der Waals surface area contributed by atoms with E-state index in [2.05, 4.69) is 20.6 Å². The van der Waals surface area contributed by atoms with Gasteiger partial charge in [0.15, 0.2) is 5.65 Å². The zero-order valence-corrected chi connectivity index (χ0v) is 14.5. The van der Waals surface area contributed by atoms with Crippen LogP contribution in [0.4, 0.5) is 10.2 Å². The molecule has 0 saturated carbocycles. The third-order valence-corrected chi connectivity index (χ3v) is 4.61. The normalized spacial score (nSPS) is 19.8. The Labute approximate surface area is 150 Å². The van der Waals surface area contributed by atoms with Crippen LogP contribution in [-0.4, -0.2) is 33.6 Å². The van der Waals surface area contributed by atoms with Crippen molar-refractivity contribution in [3.05, 3.63) is 54.1 Å². The molecule has 0 amide bonds. The number of allylic oxidation sites excluding steroid dienone is 7. The molecule has 1 unspecified atom stereocenters. The van der Waals surface area contributed by atoms with Crippen molar-refractivity contribution in [1.82, 2.24) is 20.0 Å². The topological polar surface area (TPSA) is 64.9 Å². The standard InChI is InChI=1S/C19H20FN5O/c1-26-16-8-6-15(7-9-16)25-19-17(23-24-25)10-11-18(22-19)21-12-13-2-4-14(20)5-3-13/h2,4-6,8,10-11,13H,3,7,9,12H2,1H3,(H,21,22). The highest BCUT2D eigenvalue weighted by molar-refractivity contribution is 5.76. The van der Waals surface area contributed by atoms with E-state index >= 15 is 0 Å². The third kappa shape index (κ3) is 3.37. The van der Waals surface area contributed by atoms with Gasteiger partial charge in [-0.1, -0.05) is 11.3 Å². The molecule has 1 N–H and O–H groups in total. The molecule has 0 radical (unpaired) electrons. The van der Waals surface area contributed by atoms with E-state index in [-0.39, 0.29) is 11.7 Å². The Morgan fingerprint density at radius 1 is 1.31 bits per heavy atom. The van der Waals surface area contributed by atoms with Crippen LogP contribution in [0.1, 0.15) is 19.3 Å². The number of anilines is 1. The smallest absolute Gasteiger partial charge is 0.185 e. The summed E-state index contributed by atoms with van der Waals surface area (Å²) in [7, 11) is 1.68. The van der Waals surface area contributed by atoms with Crippen molar-refractivity contribution in [2.75, 3.05) is 19.0 Å². The molecule has 26 heavy (non-hydrogen) atoms. The molecular weight excluding hydrogens is 333 g/mol. The van der Waals surface area contributed by atoms with Crippen LogP contribution in [0.3, 0.4) is 0 Å². The molecule has 2 aromatic rings. The van der Waals surface area contributed by atoms with Crippen LogP contribution in [0.2, 0.25) is 0 Å². The van der Waals surface area contributed by atoms with Crippen molar-refractivity contribution < 1.29 is 9.13 Å². The number of fused-ring (bicyclic) bond motifs is 1. The van der Waals surface area contributed by atoms with Crippen molar-refractivity contribution in [1.29, 1.82) is 0 Å². The molecule has 0 saturated heterocycles. The Hall–Kier alpha value is -2.96. The van der Waals surface area contributed by atoms with E-state index in [1.807, 2.05) is 30.4 Å². The predicted octanol–water partition coefficient (Wildman–Crippen LogP) is 3.83. The van der Waals surface area contributed by atoms with Crippen molar-refractivity contribution in [3.8, 4) is 0 Å². The zero-order chi connectivity index (χ0) is 17.9. The van der Waals surface area contributed by atoms with Crippen molar-refractivity contribution in [2.24, 2.45) is 5.92 Å². The largest absolute Gasteiger partial charge is 0.501 e. The lowest BCUT2D eigenvalue weighted by Crippen LogP contribution is -2.14. The summed E-state index contributed by atoms with van der Waals surface area (Å²) < 4.78 is 20.1. The van der Waals surface area contributed by atoms with Gasteiger partial charge < -0.3 is 10.1 Å². The predicted molar refractivity (Wildman–Crippen MR) is 98.8 cm³/mol. The fourth-order valence-corrected chi connectivity index (χ4v) is 3.08. The Morgan fingerprint density at radius 3 is 2.96 bits per heavy atom. The average molecular weight is 353 g/mol. The van der Waals surface area contributed by atoms with Crippen LogP contribution >= 0.6 is 0 Å². The minimum absolute atomic E-state index is 0.165. The summed E-state index contributed by atoms with van der Waals surface area (Å²) in [6, 6.07) is 3.80. The molecular formula is C19H20FN5O. The van der Waals surface area contributed by atoms with Crippen LogP contribution in [0.5, 0.6) is 0 Å². The molecule has 4 rings (SSSR count). The number of hydrogen-bond acceptors (Lipinski definition) is 5. The summed E-state index contributed by atoms with van der Waals surface area (Å²) in [5.74, 6) is 1.81. The van der Waals surface area contributed by atoms with Crippen LogP contribution < -0.4 is 5.32 Å². The highest BCUT2D eigenvalue weighted by atomic mass is 19.1. The molecule has 2 aromatic heterocycles. The maximum Gasteiger partial charge on any atom is 0.185 e. The number of aromatic nitrogens is 4. The number of nitrogens with one attached hydrogen (secondary N) is 1. The SMILES string of the molecule is COC1=CC=C(n2nnc3ccc(NCC4C=CC(F)=CC4)nc32)CC1. The number of pyridine rings is 1. The lowest BCUT2D eigenvalue weighted by atomic mass is 10.0.